The zero-order chi connectivity index (χ0) is 15.1. The second kappa shape index (κ2) is 5.57. The summed E-state index contributed by atoms with van der Waals surface area (Å²) in [5.74, 6) is 0.0501. The Balaban J connectivity index is 2.46. The monoisotopic (exact) mass is 381 g/mol. The molecule has 20 heavy (non-hydrogen) atoms. The van der Waals surface area contributed by atoms with Crippen LogP contribution in [0, 0.1) is 0 Å². The predicted octanol–water partition coefficient (Wildman–Crippen LogP) is 3.16. The number of hydrogen-bond acceptors (Lipinski definition) is 3. The molecule has 0 atom stereocenters. The van der Waals surface area contributed by atoms with Gasteiger partial charge in [0.15, 0.2) is 0 Å². The molecule has 4 nitrogen and oxygen atoms in total. The summed E-state index contributed by atoms with van der Waals surface area (Å²) in [7, 11) is -3.89. The van der Waals surface area contributed by atoms with Crippen LogP contribution >= 0.6 is 27.5 Å². The third-order valence-electron chi connectivity index (χ3n) is 3.87. The maximum Gasteiger partial charge on any atom is 0.239 e. The molecule has 1 aliphatic carbocycles. The molecule has 0 radical (unpaired) electrons. The Hall–Kier alpha value is -0.140. The lowest BCUT2D eigenvalue weighted by Crippen LogP contribution is -2.30. The Morgan fingerprint density at radius 2 is 1.95 bits per heavy atom. The fourth-order valence-corrected chi connectivity index (χ4v) is 4.59. The Labute approximate surface area is 132 Å². The van der Waals surface area contributed by atoms with Crippen LogP contribution in [0.15, 0.2) is 21.5 Å². The summed E-state index contributed by atoms with van der Waals surface area (Å²) in [4.78, 5) is 0.0000783. The van der Waals surface area contributed by atoms with E-state index in [0.717, 1.165) is 0 Å². The van der Waals surface area contributed by atoms with E-state index in [-0.39, 0.29) is 15.8 Å². The van der Waals surface area contributed by atoms with Crippen molar-refractivity contribution >= 4 is 37.6 Å². The standard InChI is InChI=1S/C13H17BrClNO3S/c1-13(17)6-4-8(5-7-13)9-2-3-10(14)11(15)12(9)20(16,18)19/h2-3,8,17H,4-7H2,1H3,(H2,16,18,19). The van der Waals surface area contributed by atoms with E-state index in [1.807, 2.05) is 0 Å². The first-order valence-corrected chi connectivity index (χ1v) is 9.06. The normalized spacial score (nSPS) is 27.6. The topological polar surface area (TPSA) is 80.4 Å². The molecule has 112 valence electrons. The highest BCUT2D eigenvalue weighted by molar-refractivity contribution is 9.10. The van der Waals surface area contributed by atoms with Crippen LogP contribution < -0.4 is 5.14 Å². The van der Waals surface area contributed by atoms with Crippen molar-refractivity contribution in [2.75, 3.05) is 0 Å². The van der Waals surface area contributed by atoms with Crippen LogP contribution in [0.3, 0.4) is 0 Å². The molecule has 2 rings (SSSR count). The Bertz CT molecular complexity index is 621. The molecule has 0 unspecified atom stereocenters. The van der Waals surface area contributed by atoms with Gasteiger partial charge < -0.3 is 5.11 Å². The molecule has 1 fully saturated rings. The highest BCUT2D eigenvalue weighted by atomic mass is 79.9. The van der Waals surface area contributed by atoms with Crippen molar-refractivity contribution in [2.24, 2.45) is 5.14 Å². The summed E-state index contributed by atoms with van der Waals surface area (Å²) >= 11 is 9.33. The van der Waals surface area contributed by atoms with Gasteiger partial charge in [-0.25, -0.2) is 13.6 Å². The van der Waals surface area contributed by atoms with Crippen molar-refractivity contribution in [3.8, 4) is 0 Å². The number of primary sulfonamides is 1. The van der Waals surface area contributed by atoms with Crippen LogP contribution in [0.25, 0.3) is 0 Å². The van der Waals surface area contributed by atoms with Crippen LogP contribution in [0.1, 0.15) is 44.1 Å². The third-order valence-corrected chi connectivity index (χ3v) is 6.27. The Kier molecular flexibility index (Phi) is 4.52. The molecular weight excluding hydrogens is 366 g/mol. The number of rotatable bonds is 2. The fraction of sp³-hybridized carbons (Fsp3) is 0.538. The SMILES string of the molecule is CC1(O)CCC(c2ccc(Br)c(Cl)c2S(N)(=O)=O)CC1. The van der Waals surface area contributed by atoms with Gasteiger partial charge in [0.25, 0.3) is 0 Å². The van der Waals surface area contributed by atoms with Crippen LogP contribution in [-0.4, -0.2) is 19.1 Å². The molecule has 3 N–H and O–H groups in total. The smallest absolute Gasteiger partial charge is 0.239 e. The van der Waals surface area contributed by atoms with Crippen LogP contribution in [-0.2, 0) is 10.0 Å². The molecule has 1 saturated carbocycles. The zero-order valence-corrected chi connectivity index (χ0v) is 14.2. The summed E-state index contributed by atoms with van der Waals surface area (Å²) in [6.45, 7) is 1.80. The van der Waals surface area contributed by atoms with Gasteiger partial charge in [-0.05, 0) is 66.1 Å². The van der Waals surface area contributed by atoms with E-state index in [1.54, 1.807) is 19.1 Å². The Morgan fingerprint density at radius 1 is 1.40 bits per heavy atom. The van der Waals surface area contributed by atoms with Crippen molar-refractivity contribution in [2.45, 2.75) is 49.0 Å². The molecule has 0 aromatic heterocycles. The second-order valence-corrected chi connectivity index (χ2v) is 8.33. The minimum absolute atomic E-state index is 0.0000783. The first-order valence-electron chi connectivity index (χ1n) is 6.35. The fourth-order valence-electron chi connectivity index (χ4n) is 2.71. The number of sulfonamides is 1. The maximum absolute atomic E-state index is 11.8. The molecule has 1 aliphatic rings. The molecule has 0 heterocycles. The summed E-state index contributed by atoms with van der Waals surface area (Å²) in [6.07, 6.45) is 2.70. The van der Waals surface area contributed by atoms with Gasteiger partial charge in [-0.2, -0.15) is 0 Å². The molecular formula is C13H17BrClNO3S. The average molecular weight is 383 g/mol. The summed E-state index contributed by atoms with van der Waals surface area (Å²) in [5, 5.41) is 15.4. The minimum atomic E-state index is -3.89. The van der Waals surface area contributed by atoms with E-state index in [4.69, 9.17) is 16.7 Å². The maximum atomic E-state index is 11.8. The van der Waals surface area contributed by atoms with E-state index in [9.17, 15) is 13.5 Å². The first kappa shape index (κ1) is 16.2. The molecule has 7 heteroatoms. The largest absolute Gasteiger partial charge is 0.390 e. The minimum Gasteiger partial charge on any atom is -0.390 e. The van der Waals surface area contributed by atoms with E-state index in [0.29, 0.717) is 35.7 Å². The molecule has 0 bridgehead atoms. The summed E-state index contributed by atoms with van der Waals surface area (Å²) < 4.78 is 24.1. The van der Waals surface area contributed by atoms with Crippen molar-refractivity contribution in [1.82, 2.24) is 0 Å². The number of hydrogen-bond donors (Lipinski definition) is 2. The van der Waals surface area contributed by atoms with Gasteiger partial charge in [-0.3, -0.25) is 0 Å². The number of halogens is 2. The van der Waals surface area contributed by atoms with Crippen LogP contribution in [0.2, 0.25) is 5.02 Å². The van der Waals surface area contributed by atoms with E-state index in [2.05, 4.69) is 15.9 Å². The average Bonchev–Trinajstić information content (AvgIpc) is 2.31. The lowest BCUT2D eigenvalue weighted by Gasteiger charge is -2.34. The molecule has 1 aromatic carbocycles. The molecule has 0 aliphatic heterocycles. The molecule has 0 saturated heterocycles. The number of aliphatic hydroxyl groups is 1. The Morgan fingerprint density at radius 3 is 2.45 bits per heavy atom. The van der Waals surface area contributed by atoms with Gasteiger partial charge in [-0.1, -0.05) is 17.7 Å². The zero-order valence-electron chi connectivity index (χ0n) is 11.1. The van der Waals surface area contributed by atoms with Gasteiger partial charge in [0, 0.05) is 4.47 Å². The number of benzene rings is 1. The van der Waals surface area contributed by atoms with E-state index < -0.39 is 15.6 Å². The molecule has 0 spiro atoms. The van der Waals surface area contributed by atoms with Gasteiger partial charge in [0.1, 0.15) is 4.90 Å². The quantitative estimate of drug-likeness (QED) is 0.824. The first-order chi connectivity index (χ1) is 9.12. The summed E-state index contributed by atoms with van der Waals surface area (Å²) in [6, 6.07) is 3.49. The lowest BCUT2D eigenvalue weighted by molar-refractivity contribution is 0.0169. The van der Waals surface area contributed by atoms with Crippen molar-refractivity contribution in [3.05, 3.63) is 27.2 Å². The predicted molar refractivity (Wildman–Crippen MR) is 82.4 cm³/mol. The van der Waals surface area contributed by atoms with Gasteiger partial charge >= 0.3 is 0 Å². The van der Waals surface area contributed by atoms with Gasteiger partial charge in [-0.15, -0.1) is 0 Å². The number of nitrogens with two attached hydrogens (primary N) is 1. The highest BCUT2D eigenvalue weighted by Gasteiger charge is 2.32. The van der Waals surface area contributed by atoms with E-state index in [1.165, 1.54) is 0 Å². The lowest BCUT2D eigenvalue weighted by atomic mass is 9.77. The third kappa shape index (κ3) is 3.36. The molecule has 1 aromatic rings. The van der Waals surface area contributed by atoms with Crippen molar-refractivity contribution in [3.63, 3.8) is 0 Å². The van der Waals surface area contributed by atoms with Crippen LogP contribution in [0.5, 0.6) is 0 Å². The highest BCUT2D eigenvalue weighted by Crippen LogP contribution is 2.42. The van der Waals surface area contributed by atoms with Crippen LogP contribution in [0.4, 0.5) is 0 Å². The van der Waals surface area contributed by atoms with Gasteiger partial charge in [0.2, 0.25) is 10.0 Å². The summed E-state index contributed by atoms with van der Waals surface area (Å²) in [5.41, 5.74) is -0.0200. The molecule has 0 amide bonds. The second-order valence-electron chi connectivity index (χ2n) is 5.60. The van der Waals surface area contributed by atoms with Crippen molar-refractivity contribution < 1.29 is 13.5 Å². The van der Waals surface area contributed by atoms with E-state index >= 15 is 0 Å². The van der Waals surface area contributed by atoms with Gasteiger partial charge in [0.05, 0.1) is 10.6 Å². The van der Waals surface area contributed by atoms with Crippen molar-refractivity contribution in [1.29, 1.82) is 0 Å².